The van der Waals surface area contributed by atoms with Crippen LogP contribution < -0.4 is 4.74 Å². The fraction of sp³-hybridized carbons (Fsp3) is 0.105. The summed E-state index contributed by atoms with van der Waals surface area (Å²) in [5, 5.41) is 12.4. The Morgan fingerprint density at radius 1 is 0.963 bits per heavy atom. The van der Waals surface area contributed by atoms with Crippen molar-refractivity contribution in [1.82, 2.24) is 19.8 Å². The molecule has 0 unspecified atom stereocenters. The van der Waals surface area contributed by atoms with Gasteiger partial charge in [-0.05, 0) is 42.0 Å². The maximum atomic E-state index is 13.0. The summed E-state index contributed by atoms with van der Waals surface area (Å²) in [5.41, 5.74) is 2.00. The molecule has 0 radical (unpaired) electrons. The minimum atomic E-state index is -4.42. The van der Waals surface area contributed by atoms with Crippen molar-refractivity contribution in [3.63, 3.8) is 0 Å². The van der Waals surface area contributed by atoms with E-state index in [2.05, 4.69) is 15.3 Å². The Morgan fingerprint density at radius 2 is 1.74 bits per heavy atom. The number of ether oxygens (including phenoxy) is 1. The molecular weight excluding hydrogens is 357 g/mol. The third kappa shape index (κ3) is 3.10. The molecule has 0 amide bonds. The zero-order valence-corrected chi connectivity index (χ0v) is 14.1. The fourth-order valence-corrected chi connectivity index (χ4v) is 2.83. The molecule has 0 N–H and O–H groups in total. The number of fused-ring (bicyclic) bond motifs is 1. The van der Waals surface area contributed by atoms with Crippen LogP contribution in [0, 0.1) is 0 Å². The third-order valence-electron chi connectivity index (χ3n) is 4.19. The second-order valence-corrected chi connectivity index (χ2v) is 5.83. The molecule has 2 aromatic heterocycles. The number of hydrogen-bond donors (Lipinski definition) is 0. The van der Waals surface area contributed by atoms with Gasteiger partial charge < -0.3 is 4.74 Å². The molecule has 4 aromatic rings. The van der Waals surface area contributed by atoms with Crippen molar-refractivity contribution in [3.8, 4) is 28.1 Å². The van der Waals surface area contributed by atoms with Gasteiger partial charge in [0.2, 0.25) is 0 Å². The molecule has 0 atom stereocenters. The van der Waals surface area contributed by atoms with Crippen LogP contribution in [-0.2, 0) is 6.18 Å². The Bertz CT molecular complexity index is 1100. The molecule has 0 aliphatic carbocycles. The van der Waals surface area contributed by atoms with Crippen LogP contribution in [0.25, 0.3) is 28.0 Å². The quantitative estimate of drug-likeness (QED) is 0.533. The SMILES string of the molecule is COc1ccc(-c2cnnc3c(-c4cccc(C(F)(F)F)c4)cnn23)cc1. The van der Waals surface area contributed by atoms with Crippen LogP contribution in [0.4, 0.5) is 13.2 Å². The van der Waals surface area contributed by atoms with Crippen molar-refractivity contribution >= 4 is 5.65 Å². The van der Waals surface area contributed by atoms with Gasteiger partial charge in [-0.2, -0.15) is 23.4 Å². The second kappa shape index (κ2) is 6.39. The van der Waals surface area contributed by atoms with Crippen LogP contribution in [0.15, 0.2) is 60.9 Å². The first-order valence-electron chi connectivity index (χ1n) is 7.99. The lowest BCUT2D eigenvalue weighted by Crippen LogP contribution is -2.04. The van der Waals surface area contributed by atoms with Crippen LogP contribution in [0.1, 0.15) is 5.56 Å². The lowest BCUT2D eigenvalue weighted by Gasteiger charge is -2.08. The predicted octanol–water partition coefficient (Wildman–Crippen LogP) is 4.49. The number of halogens is 3. The standard InChI is InChI=1S/C19H13F3N4O/c1-27-15-7-5-12(6-8-15)17-11-23-25-18-16(10-24-26(17)18)13-3-2-4-14(9-13)19(20,21)22/h2-11H,1H3. The van der Waals surface area contributed by atoms with Crippen molar-refractivity contribution in [2.24, 2.45) is 0 Å². The first-order valence-corrected chi connectivity index (χ1v) is 7.99. The molecule has 4 rings (SSSR count). The highest BCUT2D eigenvalue weighted by molar-refractivity contribution is 5.78. The maximum Gasteiger partial charge on any atom is 0.416 e. The van der Waals surface area contributed by atoms with Gasteiger partial charge in [-0.25, -0.2) is 4.52 Å². The summed E-state index contributed by atoms with van der Waals surface area (Å²) in [6.45, 7) is 0. The summed E-state index contributed by atoms with van der Waals surface area (Å²) < 4.78 is 45.7. The highest BCUT2D eigenvalue weighted by Crippen LogP contribution is 2.33. The first-order chi connectivity index (χ1) is 13.0. The normalized spacial score (nSPS) is 11.7. The Balaban J connectivity index is 1.83. The van der Waals surface area contributed by atoms with E-state index in [9.17, 15) is 13.2 Å². The van der Waals surface area contributed by atoms with Gasteiger partial charge in [0, 0.05) is 11.1 Å². The number of hydrogen-bond acceptors (Lipinski definition) is 4. The Labute approximate surface area is 152 Å². The zero-order valence-electron chi connectivity index (χ0n) is 14.1. The smallest absolute Gasteiger partial charge is 0.416 e. The van der Waals surface area contributed by atoms with Crippen molar-refractivity contribution in [3.05, 3.63) is 66.5 Å². The maximum absolute atomic E-state index is 13.0. The average molecular weight is 370 g/mol. The van der Waals surface area contributed by atoms with Gasteiger partial charge in [-0.15, -0.1) is 5.10 Å². The molecule has 0 saturated heterocycles. The average Bonchev–Trinajstić information content (AvgIpc) is 3.12. The molecule has 5 nitrogen and oxygen atoms in total. The Kier molecular flexibility index (Phi) is 4.02. The summed E-state index contributed by atoms with van der Waals surface area (Å²) in [5.74, 6) is 0.710. The van der Waals surface area contributed by atoms with Crippen LogP contribution in [0.2, 0.25) is 0 Å². The molecule has 0 spiro atoms. The van der Waals surface area contributed by atoms with Gasteiger partial charge in [0.05, 0.1) is 30.8 Å². The molecule has 0 aliphatic heterocycles. The van der Waals surface area contributed by atoms with Gasteiger partial charge in [0.1, 0.15) is 5.75 Å². The van der Waals surface area contributed by atoms with E-state index in [4.69, 9.17) is 4.74 Å². The summed E-state index contributed by atoms with van der Waals surface area (Å²) in [6.07, 6.45) is -1.37. The lowest BCUT2D eigenvalue weighted by molar-refractivity contribution is -0.137. The highest BCUT2D eigenvalue weighted by Gasteiger charge is 2.30. The molecule has 0 aliphatic rings. The van der Waals surface area contributed by atoms with Crippen molar-refractivity contribution in [1.29, 1.82) is 0 Å². The number of nitrogens with zero attached hydrogens (tertiary/aromatic N) is 4. The van der Waals surface area contributed by atoms with Gasteiger partial charge in [-0.1, -0.05) is 12.1 Å². The molecule has 0 bridgehead atoms. The van der Waals surface area contributed by atoms with E-state index >= 15 is 0 Å². The Morgan fingerprint density at radius 3 is 2.44 bits per heavy atom. The highest BCUT2D eigenvalue weighted by atomic mass is 19.4. The van der Waals surface area contributed by atoms with E-state index in [1.54, 1.807) is 36.0 Å². The van der Waals surface area contributed by atoms with Crippen molar-refractivity contribution in [2.45, 2.75) is 6.18 Å². The molecular formula is C19H13F3N4O. The number of benzene rings is 2. The first kappa shape index (κ1) is 17.0. The minimum Gasteiger partial charge on any atom is -0.497 e. The molecule has 8 heteroatoms. The van der Waals surface area contributed by atoms with Crippen LogP contribution in [0.5, 0.6) is 5.75 Å². The number of rotatable bonds is 3. The van der Waals surface area contributed by atoms with E-state index in [1.807, 2.05) is 12.1 Å². The summed E-state index contributed by atoms with van der Waals surface area (Å²) in [6, 6.07) is 12.4. The van der Waals surface area contributed by atoms with Crippen LogP contribution in [0.3, 0.4) is 0 Å². The zero-order chi connectivity index (χ0) is 19.0. The molecule has 27 heavy (non-hydrogen) atoms. The second-order valence-electron chi connectivity index (χ2n) is 5.83. The van der Waals surface area contributed by atoms with Gasteiger partial charge in [0.15, 0.2) is 5.65 Å². The van der Waals surface area contributed by atoms with Gasteiger partial charge in [0.25, 0.3) is 0 Å². The summed E-state index contributed by atoms with van der Waals surface area (Å²) in [4.78, 5) is 0. The van der Waals surface area contributed by atoms with Gasteiger partial charge >= 0.3 is 6.18 Å². The van der Waals surface area contributed by atoms with E-state index < -0.39 is 11.7 Å². The van der Waals surface area contributed by atoms with E-state index in [0.717, 1.165) is 17.7 Å². The molecule has 0 saturated carbocycles. The van der Waals surface area contributed by atoms with Crippen molar-refractivity contribution in [2.75, 3.05) is 7.11 Å². The van der Waals surface area contributed by atoms with E-state index in [-0.39, 0.29) is 0 Å². The molecule has 2 aromatic carbocycles. The van der Waals surface area contributed by atoms with Crippen LogP contribution >= 0.6 is 0 Å². The van der Waals surface area contributed by atoms with Gasteiger partial charge in [-0.3, -0.25) is 0 Å². The fourth-order valence-electron chi connectivity index (χ4n) is 2.83. The predicted molar refractivity (Wildman–Crippen MR) is 93.2 cm³/mol. The monoisotopic (exact) mass is 370 g/mol. The Hall–Kier alpha value is -3.42. The van der Waals surface area contributed by atoms with E-state index in [0.29, 0.717) is 28.2 Å². The number of aromatic nitrogens is 4. The number of methoxy groups -OCH3 is 1. The minimum absolute atomic E-state index is 0.376. The lowest BCUT2D eigenvalue weighted by atomic mass is 10.1. The van der Waals surface area contributed by atoms with Crippen molar-refractivity contribution < 1.29 is 17.9 Å². The van der Waals surface area contributed by atoms with Crippen LogP contribution in [-0.4, -0.2) is 26.9 Å². The molecule has 136 valence electrons. The largest absolute Gasteiger partial charge is 0.497 e. The summed E-state index contributed by atoms with van der Waals surface area (Å²) in [7, 11) is 1.58. The topological polar surface area (TPSA) is 52.3 Å². The number of alkyl halides is 3. The third-order valence-corrected chi connectivity index (χ3v) is 4.19. The molecule has 2 heterocycles. The van der Waals surface area contributed by atoms with E-state index in [1.165, 1.54) is 12.3 Å². The summed E-state index contributed by atoms with van der Waals surface area (Å²) >= 11 is 0. The molecule has 0 fully saturated rings.